The van der Waals surface area contributed by atoms with Crippen molar-refractivity contribution in [2.45, 2.75) is 44.5 Å². The highest BCUT2D eigenvalue weighted by Crippen LogP contribution is 2.34. The summed E-state index contributed by atoms with van der Waals surface area (Å²) in [5.74, 6) is -0.966. The molecule has 2 aromatic heterocycles. The molecule has 0 saturated carbocycles. The highest BCUT2D eigenvalue weighted by molar-refractivity contribution is 7.99. The number of carbonyl (C=O) groups excluding carboxylic acids is 3. The van der Waals surface area contributed by atoms with Crippen molar-refractivity contribution in [2.75, 3.05) is 5.75 Å². The summed E-state index contributed by atoms with van der Waals surface area (Å²) in [6.07, 6.45) is 2.17. The minimum absolute atomic E-state index is 0.293. The van der Waals surface area contributed by atoms with Crippen LogP contribution in [-0.4, -0.2) is 57.4 Å². The summed E-state index contributed by atoms with van der Waals surface area (Å²) in [5.41, 5.74) is 0.880. The first-order valence-electron chi connectivity index (χ1n) is 9.50. The van der Waals surface area contributed by atoms with E-state index in [0.29, 0.717) is 11.5 Å². The fourth-order valence-corrected chi connectivity index (χ4v) is 4.30. The van der Waals surface area contributed by atoms with E-state index in [1.807, 2.05) is 12.1 Å². The lowest BCUT2D eigenvalue weighted by molar-refractivity contribution is -0.186. The normalized spacial score (nSPS) is 22.8. The summed E-state index contributed by atoms with van der Waals surface area (Å²) in [6, 6.07) is 7.23. The lowest BCUT2D eigenvalue weighted by Gasteiger charge is -2.39. The van der Waals surface area contributed by atoms with Crippen molar-refractivity contribution in [3.8, 4) is 17.0 Å². The second-order valence-corrected chi connectivity index (χ2v) is 7.87. The summed E-state index contributed by atoms with van der Waals surface area (Å²) in [7, 11) is 0. The third-order valence-corrected chi connectivity index (χ3v) is 5.46. The average molecular weight is 446 g/mol. The summed E-state index contributed by atoms with van der Waals surface area (Å²) < 4.78 is 22.0. The molecule has 3 heterocycles. The Morgan fingerprint density at radius 1 is 0.935 bits per heavy atom. The Morgan fingerprint density at radius 3 is 2.23 bits per heavy atom. The fourth-order valence-electron chi connectivity index (χ4n) is 3.08. The smallest absolute Gasteiger partial charge is 0.303 e. The molecule has 0 aliphatic carbocycles. The zero-order valence-corrected chi connectivity index (χ0v) is 18.0. The Kier molecular flexibility index (Phi) is 7.45. The van der Waals surface area contributed by atoms with Crippen molar-refractivity contribution in [1.82, 2.24) is 9.97 Å². The van der Waals surface area contributed by atoms with Crippen LogP contribution in [0.2, 0.25) is 0 Å². The maximum atomic E-state index is 11.7. The van der Waals surface area contributed by atoms with Gasteiger partial charge in [0.25, 0.3) is 0 Å². The maximum absolute atomic E-state index is 11.7. The van der Waals surface area contributed by atoms with E-state index in [4.69, 9.17) is 18.9 Å². The SMILES string of the molecule is CC(=O)O[C@@H]1[C@@H](OC(C)=O)[C@H](OC(C)=O)CS[C@H]1Oc1ccc(-c2cccnc2)nc1. The van der Waals surface area contributed by atoms with Crippen molar-refractivity contribution in [2.24, 2.45) is 0 Å². The Hall–Kier alpha value is -3.14. The molecule has 9 nitrogen and oxygen atoms in total. The van der Waals surface area contributed by atoms with Gasteiger partial charge in [0.1, 0.15) is 5.75 Å². The van der Waals surface area contributed by atoms with Gasteiger partial charge >= 0.3 is 17.9 Å². The number of hydrogen-bond donors (Lipinski definition) is 0. The third-order valence-electron chi connectivity index (χ3n) is 4.25. The van der Waals surface area contributed by atoms with Crippen LogP contribution >= 0.6 is 11.8 Å². The van der Waals surface area contributed by atoms with Crippen LogP contribution in [0, 0.1) is 0 Å². The number of pyridine rings is 2. The van der Waals surface area contributed by atoms with Gasteiger partial charge in [-0.05, 0) is 24.3 Å². The number of carbonyl (C=O) groups is 3. The molecular weight excluding hydrogens is 424 g/mol. The number of nitrogens with zero attached hydrogens (tertiary/aromatic N) is 2. The minimum Gasteiger partial charge on any atom is -0.474 e. The summed E-state index contributed by atoms with van der Waals surface area (Å²) in [6.45, 7) is 3.73. The van der Waals surface area contributed by atoms with E-state index in [9.17, 15) is 14.4 Å². The highest BCUT2D eigenvalue weighted by Gasteiger charge is 2.47. The largest absolute Gasteiger partial charge is 0.474 e. The van der Waals surface area contributed by atoms with Crippen molar-refractivity contribution in [3.63, 3.8) is 0 Å². The topological polar surface area (TPSA) is 114 Å². The van der Waals surface area contributed by atoms with Crippen LogP contribution in [0.4, 0.5) is 0 Å². The molecule has 31 heavy (non-hydrogen) atoms. The maximum Gasteiger partial charge on any atom is 0.303 e. The number of aromatic nitrogens is 2. The molecule has 3 rings (SSSR count). The standard InChI is InChI=1S/C21H22N2O7S/c1-12(24)27-18-11-31-21(20(29-14(3)26)19(18)28-13(2)25)30-16-6-7-17(23-10-16)15-5-4-8-22-9-15/h4-10,18-21H,11H2,1-3H3/t18-,19+,20-,21-/m1/s1. The van der Waals surface area contributed by atoms with E-state index in [1.54, 1.807) is 30.7 Å². The number of ether oxygens (including phenoxy) is 4. The Morgan fingerprint density at radius 2 is 1.65 bits per heavy atom. The van der Waals surface area contributed by atoms with E-state index < -0.39 is 41.7 Å². The van der Waals surface area contributed by atoms with Crippen molar-refractivity contribution < 1.29 is 33.3 Å². The van der Waals surface area contributed by atoms with Gasteiger partial charge in [-0.3, -0.25) is 24.4 Å². The summed E-state index contributed by atoms with van der Waals surface area (Å²) in [5, 5.41) is 0. The Labute approximate surface area is 183 Å². The van der Waals surface area contributed by atoms with E-state index in [2.05, 4.69) is 9.97 Å². The molecule has 1 aliphatic rings. The molecule has 0 radical (unpaired) electrons. The molecule has 0 bridgehead atoms. The number of esters is 3. The second kappa shape index (κ2) is 10.3. The van der Waals surface area contributed by atoms with Crippen LogP contribution in [-0.2, 0) is 28.6 Å². The van der Waals surface area contributed by atoms with Crippen LogP contribution in [0.1, 0.15) is 20.8 Å². The number of thioether (sulfide) groups is 1. The third kappa shape index (κ3) is 6.17. The van der Waals surface area contributed by atoms with Gasteiger partial charge in [-0.25, -0.2) is 0 Å². The van der Waals surface area contributed by atoms with Crippen LogP contribution in [0.5, 0.6) is 5.75 Å². The lowest BCUT2D eigenvalue weighted by atomic mass is 10.1. The van der Waals surface area contributed by atoms with E-state index in [1.165, 1.54) is 32.5 Å². The molecule has 164 valence electrons. The van der Waals surface area contributed by atoms with Gasteiger partial charge in [0.15, 0.2) is 23.7 Å². The molecule has 1 saturated heterocycles. The van der Waals surface area contributed by atoms with Gasteiger partial charge in [0, 0.05) is 44.5 Å². The molecule has 2 aromatic rings. The quantitative estimate of drug-likeness (QED) is 0.484. The van der Waals surface area contributed by atoms with Crippen LogP contribution in [0.15, 0.2) is 42.9 Å². The van der Waals surface area contributed by atoms with Gasteiger partial charge in [0.05, 0.1) is 11.9 Å². The number of hydrogen-bond acceptors (Lipinski definition) is 10. The summed E-state index contributed by atoms with van der Waals surface area (Å²) >= 11 is 1.28. The summed E-state index contributed by atoms with van der Waals surface area (Å²) in [4.78, 5) is 43.3. The predicted octanol–water partition coefficient (Wildman–Crippen LogP) is 2.39. The first kappa shape index (κ1) is 22.5. The molecule has 0 aromatic carbocycles. The lowest BCUT2D eigenvalue weighted by Crippen LogP contribution is -2.55. The Balaban J connectivity index is 1.80. The van der Waals surface area contributed by atoms with Crippen LogP contribution in [0.25, 0.3) is 11.3 Å². The van der Waals surface area contributed by atoms with Crippen molar-refractivity contribution in [1.29, 1.82) is 0 Å². The van der Waals surface area contributed by atoms with Gasteiger partial charge in [0.2, 0.25) is 0 Å². The zero-order valence-electron chi connectivity index (χ0n) is 17.2. The highest BCUT2D eigenvalue weighted by atomic mass is 32.2. The van der Waals surface area contributed by atoms with Crippen molar-refractivity contribution in [3.05, 3.63) is 42.9 Å². The minimum atomic E-state index is -1.00. The van der Waals surface area contributed by atoms with E-state index in [0.717, 1.165) is 11.3 Å². The fraction of sp³-hybridized carbons (Fsp3) is 0.381. The molecule has 0 N–H and O–H groups in total. The zero-order chi connectivity index (χ0) is 22.4. The van der Waals surface area contributed by atoms with Crippen molar-refractivity contribution >= 4 is 29.7 Å². The van der Waals surface area contributed by atoms with Gasteiger partial charge in [-0.1, -0.05) is 0 Å². The van der Waals surface area contributed by atoms with Crippen LogP contribution in [0.3, 0.4) is 0 Å². The van der Waals surface area contributed by atoms with E-state index in [-0.39, 0.29) is 0 Å². The van der Waals surface area contributed by atoms with Crippen LogP contribution < -0.4 is 4.74 Å². The average Bonchev–Trinajstić information content (AvgIpc) is 2.72. The molecule has 0 spiro atoms. The monoisotopic (exact) mass is 446 g/mol. The number of rotatable bonds is 6. The van der Waals surface area contributed by atoms with Gasteiger partial charge in [-0.15, -0.1) is 11.8 Å². The second-order valence-electron chi connectivity index (χ2n) is 6.74. The molecule has 4 atom stereocenters. The van der Waals surface area contributed by atoms with Gasteiger partial charge in [-0.2, -0.15) is 0 Å². The molecule has 10 heteroatoms. The molecule has 0 amide bonds. The van der Waals surface area contributed by atoms with Gasteiger partial charge < -0.3 is 18.9 Å². The predicted molar refractivity (Wildman–Crippen MR) is 111 cm³/mol. The molecule has 1 aliphatic heterocycles. The molecule has 0 unspecified atom stereocenters. The van der Waals surface area contributed by atoms with E-state index >= 15 is 0 Å². The first-order chi connectivity index (χ1) is 14.8. The molecule has 1 fully saturated rings. The molecular formula is C21H22N2O7S. The Bertz CT molecular complexity index is 923. The first-order valence-corrected chi connectivity index (χ1v) is 10.5.